The van der Waals surface area contributed by atoms with Gasteiger partial charge in [-0.25, -0.2) is 4.39 Å². The number of halogens is 1. The highest BCUT2D eigenvalue weighted by Gasteiger charge is 2.39. The van der Waals surface area contributed by atoms with E-state index in [1.54, 1.807) is 0 Å². The zero-order valence-electron chi connectivity index (χ0n) is 8.59. The Hall–Kier alpha value is -1.29. The van der Waals surface area contributed by atoms with Crippen molar-refractivity contribution in [1.82, 2.24) is 0 Å². The maximum Gasteiger partial charge on any atom is 0.165 e. The minimum Gasteiger partial charge on any atom is -0.504 e. The van der Waals surface area contributed by atoms with Crippen LogP contribution in [0.15, 0.2) is 12.1 Å². The second-order valence-electron chi connectivity index (χ2n) is 3.98. The molecule has 0 atom stereocenters. The van der Waals surface area contributed by atoms with Gasteiger partial charge in [-0.15, -0.1) is 0 Å². The van der Waals surface area contributed by atoms with Gasteiger partial charge in [-0.1, -0.05) is 0 Å². The van der Waals surface area contributed by atoms with Crippen molar-refractivity contribution in [2.75, 3.05) is 7.11 Å². The number of phenols is 1. The average Bonchev–Trinajstić information content (AvgIpc) is 2.15. The van der Waals surface area contributed by atoms with Gasteiger partial charge in [0.05, 0.1) is 12.7 Å². The minimum atomic E-state index is -0.720. The first kappa shape index (κ1) is 10.2. The summed E-state index contributed by atoms with van der Waals surface area (Å²) in [7, 11) is 1.43. The van der Waals surface area contributed by atoms with Gasteiger partial charge >= 0.3 is 0 Å². The topological polar surface area (TPSA) is 55.5 Å². The van der Waals surface area contributed by atoms with E-state index in [0.717, 1.165) is 6.42 Å². The van der Waals surface area contributed by atoms with E-state index >= 15 is 0 Å². The van der Waals surface area contributed by atoms with Gasteiger partial charge in [0, 0.05) is 5.54 Å². The molecule has 0 radical (unpaired) electrons. The van der Waals surface area contributed by atoms with E-state index in [-0.39, 0.29) is 17.1 Å². The fourth-order valence-corrected chi connectivity index (χ4v) is 1.99. The van der Waals surface area contributed by atoms with E-state index in [2.05, 4.69) is 0 Å². The lowest BCUT2D eigenvalue weighted by molar-refractivity contribution is 0.233. The molecule has 0 bridgehead atoms. The summed E-state index contributed by atoms with van der Waals surface area (Å²) in [5, 5.41) is 9.83. The van der Waals surface area contributed by atoms with Crippen molar-refractivity contribution in [2.45, 2.75) is 24.8 Å². The number of rotatable bonds is 2. The van der Waals surface area contributed by atoms with Crippen LogP contribution >= 0.6 is 0 Å². The predicted octanol–water partition coefficient (Wildman–Crippen LogP) is 1.88. The Morgan fingerprint density at radius 1 is 1.47 bits per heavy atom. The highest BCUT2D eigenvalue weighted by atomic mass is 19.1. The molecule has 1 aromatic rings. The van der Waals surface area contributed by atoms with Crippen LogP contribution in [0.3, 0.4) is 0 Å². The molecule has 0 unspecified atom stereocenters. The third-order valence-corrected chi connectivity index (χ3v) is 3.05. The van der Waals surface area contributed by atoms with Gasteiger partial charge in [-0.2, -0.15) is 0 Å². The van der Waals surface area contributed by atoms with Crippen LogP contribution in [0.4, 0.5) is 4.39 Å². The molecule has 1 aliphatic rings. The number of benzene rings is 1. The van der Waals surface area contributed by atoms with Crippen molar-refractivity contribution in [3.63, 3.8) is 0 Å². The zero-order valence-corrected chi connectivity index (χ0v) is 8.59. The van der Waals surface area contributed by atoms with Gasteiger partial charge in [-0.3, -0.25) is 0 Å². The molecular weight excluding hydrogens is 197 g/mol. The van der Waals surface area contributed by atoms with E-state index in [0.29, 0.717) is 12.8 Å². The van der Waals surface area contributed by atoms with Crippen molar-refractivity contribution in [1.29, 1.82) is 0 Å². The van der Waals surface area contributed by atoms with Gasteiger partial charge in [-0.05, 0) is 31.4 Å². The molecule has 0 saturated heterocycles. The molecule has 1 aromatic carbocycles. The minimum absolute atomic E-state index is 0.167. The maximum atomic E-state index is 13.6. The lowest BCUT2D eigenvalue weighted by Gasteiger charge is -2.39. The van der Waals surface area contributed by atoms with Crippen LogP contribution in [-0.4, -0.2) is 12.2 Å². The van der Waals surface area contributed by atoms with Gasteiger partial charge in [0.1, 0.15) is 5.82 Å². The number of hydrogen-bond acceptors (Lipinski definition) is 3. The lowest BCUT2D eigenvalue weighted by atomic mass is 9.72. The number of methoxy groups -OCH3 is 1. The molecule has 0 aromatic heterocycles. The van der Waals surface area contributed by atoms with Crippen LogP contribution in [0.2, 0.25) is 0 Å². The smallest absolute Gasteiger partial charge is 0.165 e. The van der Waals surface area contributed by atoms with Gasteiger partial charge < -0.3 is 15.6 Å². The molecule has 1 saturated carbocycles. The number of aromatic hydroxyl groups is 1. The Labute approximate surface area is 87.7 Å². The Bertz CT molecular complexity index is 388. The summed E-state index contributed by atoms with van der Waals surface area (Å²) in [4.78, 5) is 0. The SMILES string of the molecule is COc1ccc(F)c(C2(N)CCC2)c1O. The lowest BCUT2D eigenvalue weighted by Crippen LogP contribution is -2.44. The van der Waals surface area contributed by atoms with Crippen LogP contribution < -0.4 is 10.5 Å². The third-order valence-electron chi connectivity index (χ3n) is 3.05. The summed E-state index contributed by atoms with van der Waals surface area (Å²) in [6.45, 7) is 0. The highest BCUT2D eigenvalue weighted by Crippen LogP contribution is 2.46. The summed E-state index contributed by atoms with van der Waals surface area (Å²) >= 11 is 0. The van der Waals surface area contributed by atoms with Crippen LogP contribution in [0.5, 0.6) is 11.5 Å². The maximum absolute atomic E-state index is 13.6. The highest BCUT2D eigenvalue weighted by molar-refractivity contribution is 5.50. The molecule has 82 valence electrons. The Balaban J connectivity index is 2.53. The summed E-state index contributed by atoms with van der Waals surface area (Å²) in [5.74, 6) is -0.363. The van der Waals surface area contributed by atoms with E-state index in [4.69, 9.17) is 10.5 Å². The summed E-state index contributed by atoms with van der Waals surface area (Å²) in [6.07, 6.45) is 2.36. The van der Waals surface area contributed by atoms with Gasteiger partial charge in [0.15, 0.2) is 11.5 Å². The predicted molar refractivity (Wildman–Crippen MR) is 54.3 cm³/mol. The van der Waals surface area contributed by atoms with Crippen molar-refractivity contribution < 1.29 is 14.2 Å². The molecule has 0 amide bonds. The standard InChI is InChI=1S/C11H14FNO2/c1-15-8-4-3-7(12)9(10(8)14)11(13)5-2-6-11/h3-4,14H,2,5-6,13H2,1H3. The first-order valence-corrected chi connectivity index (χ1v) is 4.93. The fourth-order valence-electron chi connectivity index (χ4n) is 1.99. The molecule has 0 heterocycles. The van der Waals surface area contributed by atoms with Crippen LogP contribution in [0, 0.1) is 5.82 Å². The van der Waals surface area contributed by atoms with Crippen molar-refractivity contribution in [2.24, 2.45) is 5.73 Å². The Kier molecular flexibility index (Phi) is 2.31. The van der Waals surface area contributed by atoms with Gasteiger partial charge in [0.2, 0.25) is 0 Å². The van der Waals surface area contributed by atoms with E-state index in [9.17, 15) is 9.50 Å². The Morgan fingerprint density at radius 2 is 2.13 bits per heavy atom. The molecule has 0 spiro atoms. The second-order valence-corrected chi connectivity index (χ2v) is 3.98. The van der Waals surface area contributed by atoms with Crippen LogP contribution in [0.25, 0.3) is 0 Å². The fraction of sp³-hybridized carbons (Fsp3) is 0.455. The first-order chi connectivity index (χ1) is 7.08. The van der Waals surface area contributed by atoms with Crippen molar-refractivity contribution >= 4 is 0 Å². The van der Waals surface area contributed by atoms with E-state index < -0.39 is 11.4 Å². The van der Waals surface area contributed by atoms with Crippen molar-refractivity contribution in [3.8, 4) is 11.5 Å². The summed E-state index contributed by atoms with van der Waals surface area (Å²) in [6, 6.07) is 2.68. The monoisotopic (exact) mass is 211 g/mol. The summed E-state index contributed by atoms with van der Waals surface area (Å²) in [5.41, 5.74) is 5.46. The molecule has 0 aliphatic heterocycles. The third kappa shape index (κ3) is 1.45. The molecule has 2 rings (SSSR count). The molecular formula is C11H14FNO2. The normalized spacial score (nSPS) is 18.3. The van der Waals surface area contributed by atoms with Crippen LogP contribution in [-0.2, 0) is 5.54 Å². The van der Waals surface area contributed by atoms with E-state index in [1.807, 2.05) is 0 Å². The van der Waals surface area contributed by atoms with Gasteiger partial charge in [0.25, 0.3) is 0 Å². The number of hydrogen-bond donors (Lipinski definition) is 2. The average molecular weight is 211 g/mol. The van der Waals surface area contributed by atoms with E-state index in [1.165, 1.54) is 19.2 Å². The number of phenolic OH excluding ortho intramolecular Hbond substituents is 1. The molecule has 15 heavy (non-hydrogen) atoms. The molecule has 3 N–H and O–H groups in total. The van der Waals surface area contributed by atoms with Crippen LogP contribution in [0.1, 0.15) is 24.8 Å². The molecule has 1 aliphatic carbocycles. The molecule has 4 heteroatoms. The largest absolute Gasteiger partial charge is 0.504 e. The number of nitrogens with two attached hydrogens (primary N) is 1. The molecule has 3 nitrogen and oxygen atoms in total. The van der Waals surface area contributed by atoms with Crippen molar-refractivity contribution in [3.05, 3.63) is 23.5 Å². The summed E-state index contributed by atoms with van der Waals surface area (Å²) < 4.78 is 18.5. The molecule has 1 fully saturated rings. The Morgan fingerprint density at radius 3 is 2.60 bits per heavy atom. The quantitative estimate of drug-likeness (QED) is 0.785. The number of ether oxygens (including phenoxy) is 1. The first-order valence-electron chi connectivity index (χ1n) is 4.93. The zero-order chi connectivity index (χ0) is 11.1. The second kappa shape index (κ2) is 3.38.